The summed E-state index contributed by atoms with van der Waals surface area (Å²) in [5.41, 5.74) is 0.499. The molecule has 3 rings (SSSR count). The van der Waals surface area contributed by atoms with E-state index in [-0.39, 0.29) is 0 Å². The Morgan fingerprint density at radius 2 is 2.11 bits per heavy atom. The van der Waals surface area contributed by atoms with Gasteiger partial charge in [0.1, 0.15) is 17.6 Å². The first-order valence-corrected chi connectivity index (χ1v) is 7.10. The molecule has 3 heterocycles. The number of nitriles is 1. The first-order valence-electron chi connectivity index (χ1n) is 7.10. The Bertz CT molecular complexity index is 469. The van der Waals surface area contributed by atoms with Gasteiger partial charge in [-0.05, 0) is 43.7 Å². The Labute approximate surface area is 114 Å². The second kappa shape index (κ2) is 5.58. The van der Waals surface area contributed by atoms with Crippen LogP contribution < -0.4 is 4.90 Å². The first kappa shape index (κ1) is 12.4. The third-order valence-corrected chi connectivity index (χ3v) is 4.20. The molecule has 19 heavy (non-hydrogen) atoms. The Kier molecular flexibility index (Phi) is 3.65. The van der Waals surface area contributed by atoms with Crippen molar-refractivity contribution in [3.8, 4) is 6.07 Å². The van der Waals surface area contributed by atoms with Crippen molar-refractivity contribution in [2.24, 2.45) is 5.92 Å². The standard InChI is InChI=1S/C15H19N3O/c16-11-13-3-1-5-15(17-13)18-8-6-12(7-9-18)14-4-2-10-19-14/h1,3,5,12,14H,2,4,6-10H2/t14-/m0/s1. The molecule has 100 valence electrons. The molecule has 0 aromatic carbocycles. The fourth-order valence-corrected chi connectivity index (χ4v) is 3.14. The third kappa shape index (κ3) is 2.71. The molecule has 2 fully saturated rings. The van der Waals surface area contributed by atoms with Crippen LogP contribution in [0.1, 0.15) is 31.4 Å². The summed E-state index contributed by atoms with van der Waals surface area (Å²) < 4.78 is 5.79. The molecule has 4 nitrogen and oxygen atoms in total. The van der Waals surface area contributed by atoms with Gasteiger partial charge in [0, 0.05) is 19.7 Å². The maximum Gasteiger partial charge on any atom is 0.142 e. The second-order valence-electron chi connectivity index (χ2n) is 5.37. The normalized spacial score (nSPS) is 24.4. The van der Waals surface area contributed by atoms with Crippen LogP contribution in [-0.4, -0.2) is 30.8 Å². The summed E-state index contributed by atoms with van der Waals surface area (Å²) in [5, 5.41) is 8.90. The molecule has 4 heteroatoms. The lowest BCUT2D eigenvalue weighted by molar-refractivity contribution is 0.0531. The monoisotopic (exact) mass is 257 g/mol. The molecule has 0 N–H and O–H groups in total. The molecule has 2 saturated heterocycles. The van der Waals surface area contributed by atoms with Crippen molar-refractivity contribution in [3.63, 3.8) is 0 Å². The van der Waals surface area contributed by atoms with Crippen LogP contribution in [0.25, 0.3) is 0 Å². The number of rotatable bonds is 2. The van der Waals surface area contributed by atoms with Gasteiger partial charge >= 0.3 is 0 Å². The van der Waals surface area contributed by atoms with Crippen LogP contribution in [0.3, 0.4) is 0 Å². The topological polar surface area (TPSA) is 49.2 Å². The highest BCUT2D eigenvalue weighted by Gasteiger charge is 2.29. The van der Waals surface area contributed by atoms with Crippen LogP contribution in [0.4, 0.5) is 5.82 Å². The number of piperidine rings is 1. The summed E-state index contributed by atoms with van der Waals surface area (Å²) in [4.78, 5) is 6.66. The van der Waals surface area contributed by atoms with Gasteiger partial charge in [-0.2, -0.15) is 5.26 Å². The van der Waals surface area contributed by atoms with E-state index in [0.29, 0.717) is 17.7 Å². The van der Waals surface area contributed by atoms with Crippen LogP contribution in [0.5, 0.6) is 0 Å². The van der Waals surface area contributed by atoms with E-state index in [1.807, 2.05) is 12.1 Å². The summed E-state index contributed by atoms with van der Waals surface area (Å²) in [7, 11) is 0. The van der Waals surface area contributed by atoms with E-state index >= 15 is 0 Å². The molecule has 1 aromatic rings. The van der Waals surface area contributed by atoms with Gasteiger partial charge < -0.3 is 9.64 Å². The SMILES string of the molecule is N#Cc1cccc(N2CCC([C@@H]3CCCO3)CC2)n1. The average Bonchev–Trinajstić information content (AvgIpc) is 3.02. The number of nitrogens with zero attached hydrogens (tertiary/aromatic N) is 3. The number of aromatic nitrogens is 1. The molecular weight excluding hydrogens is 238 g/mol. The Hall–Kier alpha value is -1.60. The summed E-state index contributed by atoms with van der Waals surface area (Å²) >= 11 is 0. The van der Waals surface area contributed by atoms with Crippen molar-refractivity contribution in [1.29, 1.82) is 5.26 Å². The van der Waals surface area contributed by atoms with Crippen LogP contribution in [-0.2, 0) is 4.74 Å². The first-order chi connectivity index (χ1) is 9.36. The molecule has 0 unspecified atom stereocenters. The van der Waals surface area contributed by atoms with Crippen molar-refractivity contribution < 1.29 is 4.74 Å². The zero-order chi connectivity index (χ0) is 13.1. The van der Waals surface area contributed by atoms with E-state index in [9.17, 15) is 0 Å². The van der Waals surface area contributed by atoms with Crippen LogP contribution >= 0.6 is 0 Å². The lowest BCUT2D eigenvalue weighted by Crippen LogP contribution is -2.38. The molecule has 2 aliphatic rings. The highest BCUT2D eigenvalue weighted by Crippen LogP contribution is 2.30. The van der Waals surface area contributed by atoms with Gasteiger partial charge in [-0.25, -0.2) is 4.98 Å². The Balaban J connectivity index is 1.61. The molecule has 0 spiro atoms. The minimum Gasteiger partial charge on any atom is -0.378 e. The Morgan fingerprint density at radius 3 is 2.79 bits per heavy atom. The highest BCUT2D eigenvalue weighted by atomic mass is 16.5. The smallest absolute Gasteiger partial charge is 0.142 e. The van der Waals surface area contributed by atoms with Crippen LogP contribution in [0, 0.1) is 17.2 Å². The predicted octanol–water partition coefficient (Wildman–Crippen LogP) is 2.35. The largest absolute Gasteiger partial charge is 0.378 e. The number of hydrogen-bond acceptors (Lipinski definition) is 4. The molecule has 1 atom stereocenters. The van der Waals surface area contributed by atoms with Crippen molar-refractivity contribution in [3.05, 3.63) is 23.9 Å². The van der Waals surface area contributed by atoms with Crippen molar-refractivity contribution in [1.82, 2.24) is 4.98 Å². The third-order valence-electron chi connectivity index (χ3n) is 4.20. The molecule has 1 aromatic heterocycles. The summed E-state index contributed by atoms with van der Waals surface area (Å²) in [6, 6.07) is 7.76. The number of pyridine rings is 1. The van der Waals surface area contributed by atoms with Gasteiger partial charge in [-0.3, -0.25) is 0 Å². The van der Waals surface area contributed by atoms with Crippen molar-refractivity contribution in [2.75, 3.05) is 24.6 Å². The van der Waals surface area contributed by atoms with E-state index in [0.717, 1.165) is 25.5 Å². The number of anilines is 1. The minimum atomic E-state index is 0.487. The lowest BCUT2D eigenvalue weighted by Gasteiger charge is -2.35. The Morgan fingerprint density at radius 1 is 1.26 bits per heavy atom. The van der Waals surface area contributed by atoms with E-state index in [2.05, 4.69) is 16.0 Å². The fraction of sp³-hybridized carbons (Fsp3) is 0.600. The van der Waals surface area contributed by atoms with Crippen LogP contribution in [0.2, 0.25) is 0 Å². The summed E-state index contributed by atoms with van der Waals surface area (Å²) in [5.74, 6) is 1.64. The molecular formula is C15H19N3O. The fourth-order valence-electron chi connectivity index (χ4n) is 3.14. The van der Waals surface area contributed by atoms with Crippen molar-refractivity contribution >= 4 is 5.82 Å². The van der Waals surface area contributed by atoms with Crippen molar-refractivity contribution in [2.45, 2.75) is 31.8 Å². The van der Waals surface area contributed by atoms with E-state index in [1.54, 1.807) is 6.07 Å². The quantitative estimate of drug-likeness (QED) is 0.816. The zero-order valence-electron chi connectivity index (χ0n) is 11.1. The maximum absolute atomic E-state index is 8.90. The second-order valence-corrected chi connectivity index (χ2v) is 5.37. The maximum atomic E-state index is 8.90. The zero-order valence-corrected chi connectivity index (χ0v) is 11.1. The molecule has 0 radical (unpaired) electrons. The molecule has 0 amide bonds. The molecule has 0 bridgehead atoms. The van der Waals surface area contributed by atoms with Gasteiger partial charge in [0.05, 0.1) is 6.10 Å². The van der Waals surface area contributed by atoms with Gasteiger partial charge in [0.2, 0.25) is 0 Å². The number of ether oxygens (including phenoxy) is 1. The van der Waals surface area contributed by atoms with Gasteiger partial charge in [0.15, 0.2) is 0 Å². The van der Waals surface area contributed by atoms with E-state index in [1.165, 1.54) is 25.7 Å². The predicted molar refractivity (Wildman–Crippen MR) is 72.9 cm³/mol. The van der Waals surface area contributed by atoms with E-state index < -0.39 is 0 Å². The summed E-state index contributed by atoms with van der Waals surface area (Å²) in [6.45, 7) is 2.98. The molecule has 0 aliphatic carbocycles. The van der Waals surface area contributed by atoms with Gasteiger partial charge in [0.25, 0.3) is 0 Å². The highest BCUT2D eigenvalue weighted by molar-refractivity contribution is 5.41. The summed E-state index contributed by atoms with van der Waals surface area (Å²) in [6.07, 6.45) is 5.27. The molecule has 0 saturated carbocycles. The van der Waals surface area contributed by atoms with E-state index in [4.69, 9.17) is 10.00 Å². The van der Waals surface area contributed by atoms with Gasteiger partial charge in [-0.15, -0.1) is 0 Å². The lowest BCUT2D eigenvalue weighted by atomic mass is 9.90. The average molecular weight is 257 g/mol. The van der Waals surface area contributed by atoms with Crippen LogP contribution in [0.15, 0.2) is 18.2 Å². The number of hydrogen-bond donors (Lipinski definition) is 0. The van der Waals surface area contributed by atoms with Gasteiger partial charge in [-0.1, -0.05) is 6.07 Å². The molecule has 2 aliphatic heterocycles. The minimum absolute atomic E-state index is 0.487.